The lowest BCUT2D eigenvalue weighted by molar-refractivity contribution is -0.0500. The molecule has 4 nitrogen and oxygen atoms in total. The highest BCUT2D eigenvalue weighted by atomic mass is 32.2. The number of hydrogen-bond acceptors (Lipinski definition) is 4. The van der Waals surface area contributed by atoms with Crippen LogP contribution < -0.4 is 8.92 Å². The second-order valence-electron chi connectivity index (χ2n) is 3.71. The smallest absolute Gasteiger partial charge is 0.497 e. The maximum Gasteiger partial charge on any atom is 0.534 e. The van der Waals surface area contributed by atoms with Crippen LogP contribution in [0.3, 0.4) is 0 Å². The van der Waals surface area contributed by atoms with E-state index in [1.54, 1.807) is 0 Å². The normalized spacial score (nSPS) is 12.3. The second-order valence-corrected chi connectivity index (χ2v) is 5.24. The van der Waals surface area contributed by atoms with Gasteiger partial charge in [-0.2, -0.15) is 21.6 Å². The number of hydrogen-bond donors (Lipinski definition) is 0. The molecule has 0 heterocycles. The number of halogens is 3. The lowest BCUT2D eigenvalue weighted by Gasteiger charge is -2.13. The van der Waals surface area contributed by atoms with Crippen LogP contribution in [0.4, 0.5) is 13.2 Å². The van der Waals surface area contributed by atoms with Crippen molar-refractivity contribution < 1.29 is 30.5 Å². The number of benzene rings is 1. The molecular formula is C11H13F3O4S. The molecule has 1 rings (SSSR count). The summed E-state index contributed by atoms with van der Waals surface area (Å²) in [6, 6.07) is 3.93. The molecule has 8 heteroatoms. The van der Waals surface area contributed by atoms with Crippen LogP contribution in [0.15, 0.2) is 18.2 Å². The van der Waals surface area contributed by atoms with Gasteiger partial charge in [-0.15, -0.1) is 0 Å². The van der Waals surface area contributed by atoms with E-state index in [9.17, 15) is 21.6 Å². The summed E-state index contributed by atoms with van der Waals surface area (Å²) in [4.78, 5) is 0. The van der Waals surface area contributed by atoms with Gasteiger partial charge in [-0.1, -0.05) is 13.3 Å². The van der Waals surface area contributed by atoms with Crippen molar-refractivity contribution in [3.05, 3.63) is 23.8 Å². The van der Waals surface area contributed by atoms with E-state index in [0.29, 0.717) is 24.2 Å². The van der Waals surface area contributed by atoms with Gasteiger partial charge in [0.05, 0.1) is 7.11 Å². The highest BCUT2D eigenvalue weighted by Gasteiger charge is 2.48. The molecule has 19 heavy (non-hydrogen) atoms. The zero-order chi connectivity index (χ0) is 14.7. The van der Waals surface area contributed by atoms with Crippen molar-refractivity contribution >= 4 is 10.1 Å². The predicted octanol–water partition coefficient (Wildman–Crippen LogP) is 2.88. The third kappa shape index (κ3) is 3.76. The summed E-state index contributed by atoms with van der Waals surface area (Å²) in [6.07, 6.45) is 0.996. The van der Waals surface area contributed by atoms with E-state index in [-0.39, 0.29) is 5.75 Å². The van der Waals surface area contributed by atoms with Crippen molar-refractivity contribution in [2.45, 2.75) is 25.3 Å². The Kier molecular flexibility index (Phi) is 4.67. The fourth-order valence-electron chi connectivity index (χ4n) is 1.39. The van der Waals surface area contributed by atoms with Crippen LogP contribution in [-0.4, -0.2) is 21.0 Å². The molecule has 0 radical (unpaired) electrons. The highest BCUT2D eigenvalue weighted by molar-refractivity contribution is 7.88. The molecule has 0 saturated heterocycles. The Labute approximate surface area is 109 Å². The van der Waals surface area contributed by atoms with Gasteiger partial charge in [0.1, 0.15) is 11.5 Å². The number of rotatable bonds is 5. The summed E-state index contributed by atoms with van der Waals surface area (Å²) in [5, 5.41) is 0. The van der Waals surface area contributed by atoms with E-state index < -0.39 is 15.6 Å². The number of ether oxygens (including phenoxy) is 1. The first kappa shape index (κ1) is 15.6. The molecule has 0 atom stereocenters. The molecule has 0 aliphatic heterocycles. The third-order valence-corrected chi connectivity index (χ3v) is 3.24. The van der Waals surface area contributed by atoms with Gasteiger partial charge in [0.15, 0.2) is 0 Å². The van der Waals surface area contributed by atoms with Crippen molar-refractivity contribution in [2.75, 3.05) is 7.11 Å². The Morgan fingerprint density at radius 2 is 1.89 bits per heavy atom. The van der Waals surface area contributed by atoms with Crippen molar-refractivity contribution in [2.24, 2.45) is 0 Å². The minimum Gasteiger partial charge on any atom is -0.497 e. The molecule has 0 spiro atoms. The minimum atomic E-state index is -5.65. The molecule has 0 aliphatic rings. The molecule has 108 valence electrons. The van der Waals surface area contributed by atoms with Crippen LogP contribution in [0, 0.1) is 0 Å². The molecular weight excluding hydrogens is 285 g/mol. The maximum absolute atomic E-state index is 12.2. The number of alkyl halides is 3. The zero-order valence-corrected chi connectivity index (χ0v) is 11.1. The van der Waals surface area contributed by atoms with Gasteiger partial charge in [-0.25, -0.2) is 0 Å². The summed E-state index contributed by atoms with van der Waals surface area (Å²) < 4.78 is 67.7. The molecule has 0 unspecified atom stereocenters. The quantitative estimate of drug-likeness (QED) is 0.619. The lowest BCUT2D eigenvalue weighted by atomic mass is 10.1. The molecule has 0 aliphatic carbocycles. The molecule has 0 fully saturated rings. The molecule has 0 aromatic heterocycles. The van der Waals surface area contributed by atoms with E-state index in [4.69, 9.17) is 4.74 Å². The van der Waals surface area contributed by atoms with Gasteiger partial charge in [0.25, 0.3) is 0 Å². The fourth-order valence-corrected chi connectivity index (χ4v) is 1.89. The van der Waals surface area contributed by atoms with Gasteiger partial charge in [-0.3, -0.25) is 0 Å². The summed E-state index contributed by atoms with van der Waals surface area (Å²) in [7, 11) is -4.25. The summed E-state index contributed by atoms with van der Waals surface area (Å²) in [6.45, 7) is 1.81. The van der Waals surface area contributed by atoms with Crippen molar-refractivity contribution in [1.29, 1.82) is 0 Å². The van der Waals surface area contributed by atoms with Gasteiger partial charge < -0.3 is 8.92 Å². The topological polar surface area (TPSA) is 52.6 Å². The molecule has 0 N–H and O–H groups in total. The zero-order valence-electron chi connectivity index (χ0n) is 10.3. The van der Waals surface area contributed by atoms with E-state index >= 15 is 0 Å². The van der Waals surface area contributed by atoms with E-state index in [1.165, 1.54) is 19.2 Å². The fraction of sp³-hybridized carbons (Fsp3) is 0.455. The SMILES string of the molecule is CCCc1cc(OC)ccc1OS(=O)(=O)C(F)(F)F. The Hall–Kier alpha value is -1.44. The Morgan fingerprint density at radius 1 is 1.26 bits per heavy atom. The molecule has 1 aromatic carbocycles. The molecule has 1 aromatic rings. The van der Waals surface area contributed by atoms with Crippen molar-refractivity contribution in [3.63, 3.8) is 0 Å². The third-order valence-electron chi connectivity index (χ3n) is 2.27. The summed E-state index contributed by atoms with van der Waals surface area (Å²) in [5.74, 6) is 0.0835. The van der Waals surface area contributed by atoms with Gasteiger partial charge in [-0.05, 0) is 30.2 Å². The molecule has 0 bridgehead atoms. The number of aryl methyl sites for hydroxylation is 1. The highest BCUT2D eigenvalue weighted by Crippen LogP contribution is 2.31. The first-order valence-corrected chi connectivity index (χ1v) is 6.79. The molecule has 0 saturated carbocycles. The lowest BCUT2D eigenvalue weighted by Crippen LogP contribution is -2.28. The maximum atomic E-state index is 12.2. The van der Waals surface area contributed by atoms with Gasteiger partial charge in [0.2, 0.25) is 0 Å². The van der Waals surface area contributed by atoms with Gasteiger partial charge in [0, 0.05) is 0 Å². The van der Waals surface area contributed by atoms with Crippen LogP contribution in [-0.2, 0) is 16.5 Å². The first-order valence-electron chi connectivity index (χ1n) is 5.39. The van der Waals surface area contributed by atoms with Crippen LogP contribution in [0.1, 0.15) is 18.9 Å². The van der Waals surface area contributed by atoms with Crippen molar-refractivity contribution in [1.82, 2.24) is 0 Å². The predicted molar refractivity (Wildman–Crippen MR) is 62.6 cm³/mol. The number of methoxy groups -OCH3 is 1. The van der Waals surface area contributed by atoms with Crippen LogP contribution in [0.5, 0.6) is 11.5 Å². The van der Waals surface area contributed by atoms with Crippen LogP contribution >= 0.6 is 0 Å². The second kappa shape index (κ2) is 5.68. The van der Waals surface area contributed by atoms with Crippen LogP contribution in [0.2, 0.25) is 0 Å². The summed E-state index contributed by atoms with van der Waals surface area (Å²) >= 11 is 0. The summed E-state index contributed by atoms with van der Waals surface area (Å²) in [5.41, 5.74) is -5.11. The van der Waals surface area contributed by atoms with Crippen molar-refractivity contribution in [3.8, 4) is 11.5 Å². The largest absolute Gasteiger partial charge is 0.534 e. The Bertz CT molecular complexity index is 537. The van der Waals surface area contributed by atoms with E-state index in [1.807, 2.05) is 6.92 Å². The van der Waals surface area contributed by atoms with E-state index in [2.05, 4.69) is 4.18 Å². The molecule has 0 amide bonds. The minimum absolute atomic E-state index is 0.333. The Balaban J connectivity index is 3.14. The Morgan fingerprint density at radius 3 is 2.37 bits per heavy atom. The van der Waals surface area contributed by atoms with E-state index in [0.717, 1.165) is 6.07 Å². The monoisotopic (exact) mass is 298 g/mol. The standard InChI is InChI=1S/C11H13F3O4S/c1-3-4-8-7-9(17-2)5-6-10(8)18-19(15,16)11(12,13)14/h5-7H,3-4H2,1-2H3. The average Bonchev–Trinajstić information content (AvgIpc) is 2.30. The van der Waals surface area contributed by atoms with Gasteiger partial charge >= 0.3 is 15.6 Å². The first-order chi connectivity index (χ1) is 8.71. The van der Waals surface area contributed by atoms with Crippen LogP contribution in [0.25, 0.3) is 0 Å². The average molecular weight is 298 g/mol.